The van der Waals surface area contributed by atoms with E-state index in [1.807, 2.05) is 39.1 Å². The van der Waals surface area contributed by atoms with Crippen molar-refractivity contribution in [3.63, 3.8) is 0 Å². The molecule has 2 aromatic heterocycles. The Labute approximate surface area is 176 Å². The van der Waals surface area contributed by atoms with Crippen LogP contribution in [-0.2, 0) is 6.54 Å². The van der Waals surface area contributed by atoms with Crippen LogP contribution >= 0.6 is 0 Å². The van der Waals surface area contributed by atoms with Gasteiger partial charge in [-0.2, -0.15) is 5.10 Å². The molecule has 3 aromatic rings. The number of piperidine rings is 1. The molecule has 30 heavy (non-hydrogen) atoms. The summed E-state index contributed by atoms with van der Waals surface area (Å²) in [5, 5.41) is 19.7. The highest BCUT2D eigenvalue weighted by Crippen LogP contribution is 2.30. The van der Waals surface area contributed by atoms with Gasteiger partial charge in [-0.25, -0.2) is 0 Å². The molecule has 3 N–H and O–H groups in total. The van der Waals surface area contributed by atoms with Crippen LogP contribution in [0.3, 0.4) is 0 Å². The lowest BCUT2D eigenvalue weighted by molar-refractivity contribution is 0.138. The van der Waals surface area contributed by atoms with Gasteiger partial charge < -0.3 is 15.0 Å². The third-order valence-electron chi connectivity index (χ3n) is 6.19. The first-order valence-corrected chi connectivity index (χ1v) is 10.6. The molecule has 0 aliphatic carbocycles. The van der Waals surface area contributed by atoms with E-state index in [1.165, 1.54) is 0 Å². The molecular weight excluding hydrogens is 378 g/mol. The minimum Gasteiger partial charge on any atom is -0.374 e. The molecule has 1 aliphatic rings. The van der Waals surface area contributed by atoms with Gasteiger partial charge in [0, 0.05) is 28.8 Å². The number of aliphatic hydroxyl groups excluding tert-OH is 1. The predicted octanol–water partition coefficient (Wildman–Crippen LogP) is 2.70. The zero-order valence-electron chi connectivity index (χ0n) is 18.2. The molecule has 1 aliphatic heterocycles. The molecule has 7 heteroatoms. The van der Waals surface area contributed by atoms with Crippen molar-refractivity contribution in [1.82, 2.24) is 25.0 Å². The molecule has 0 bridgehead atoms. The number of hydrogen-bond acceptors (Lipinski definition) is 5. The summed E-state index contributed by atoms with van der Waals surface area (Å²) in [7, 11) is 2.16. The van der Waals surface area contributed by atoms with Crippen LogP contribution in [-0.4, -0.2) is 44.9 Å². The molecule has 1 atom stereocenters. The summed E-state index contributed by atoms with van der Waals surface area (Å²) in [5.41, 5.74) is 5.22. The fourth-order valence-electron chi connectivity index (χ4n) is 4.49. The Balaban J connectivity index is 1.60. The van der Waals surface area contributed by atoms with Gasteiger partial charge >= 0.3 is 0 Å². The van der Waals surface area contributed by atoms with Crippen LogP contribution < -0.4 is 10.9 Å². The van der Waals surface area contributed by atoms with Gasteiger partial charge in [-0.3, -0.25) is 14.8 Å². The number of likely N-dealkylation sites (tertiary alicyclic amines) is 1. The molecule has 160 valence electrons. The van der Waals surface area contributed by atoms with E-state index in [4.69, 9.17) is 0 Å². The highest BCUT2D eigenvalue weighted by atomic mass is 16.3. The second kappa shape index (κ2) is 8.34. The topological polar surface area (TPSA) is 86.2 Å². The summed E-state index contributed by atoms with van der Waals surface area (Å²) in [6, 6.07) is 6.46. The number of aryl methyl sites for hydroxylation is 3. The summed E-state index contributed by atoms with van der Waals surface area (Å²) in [4.78, 5) is 17.5. The highest BCUT2D eigenvalue weighted by molar-refractivity contribution is 5.83. The third kappa shape index (κ3) is 4.05. The Morgan fingerprint density at radius 2 is 1.97 bits per heavy atom. The second-order valence-corrected chi connectivity index (χ2v) is 8.64. The summed E-state index contributed by atoms with van der Waals surface area (Å²) in [5.74, 6) is 0. The zero-order chi connectivity index (χ0) is 21.4. The maximum absolute atomic E-state index is 12.3. The van der Waals surface area contributed by atoms with Crippen molar-refractivity contribution in [1.29, 1.82) is 0 Å². The fraction of sp³-hybridized carbons (Fsp3) is 0.478. The average molecular weight is 410 g/mol. The number of benzene rings is 1. The molecule has 0 saturated carbocycles. The Morgan fingerprint density at radius 3 is 2.67 bits per heavy atom. The van der Waals surface area contributed by atoms with Crippen molar-refractivity contribution >= 4 is 10.9 Å². The molecule has 0 spiro atoms. The van der Waals surface area contributed by atoms with E-state index >= 15 is 0 Å². The van der Waals surface area contributed by atoms with Crippen molar-refractivity contribution in [3.8, 4) is 0 Å². The Hall–Kier alpha value is -2.48. The molecule has 1 fully saturated rings. The van der Waals surface area contributed by atoms with Crippen molar-refractivity contribution < 1.29 is 5.11 Å². The standard InChI is InChI=1S/C23H31N5O2/c1-14-9-18(22(29)24-12-19-15(2)11-16(3)26-23(19)30)20-13-25-28(21(20)10-14)17-5-7-27(4)8-6-17/h9-11,13,17,22,24,29H,5-8,12H2,1-4H3,(H,26,30). The summed E-state index contributed by atoms with van der Waals surface area (Å²) in [6.45, 7) is 8.25. The van der Waals surface area contributed by atoms with Gasteiger partial charge in [0.15, 0.2) is 0 Å². The van der Waals surface area contributed by atoms with Gasteiger partial charge in [-0.1, -0.05) is 6.07 Å². The lowest BCUT2D eigenvalue weighted by atomic mass is 10.0. The SMILES string of the molecule is Cc1cc(C(O)NCc2c(C)cc(C)[nH]c2=O)c2cnn(C3CCN(C)CC3)c2c1. The Bertz CT molecular complexity index is 1110. The van der Waals surface area contributed by atoms with E-state index in [9.17, 15) is 9.90 Å². The van der Waals surface area contributed by atoms with Gasteiger partial charge in [0.1, 0.15) is 6.23 Å². The van der Waals surface area contributed by atoms with E-state index in [0.717, 1.165) is 59.2 Å². The molecule has 1 unspecified atom stereocenters. The van der Waals surface area contributed by atoms with Crippen LogP contribution in [0.1, 0.15) is 53.1 Å². The normalized spacial score (nSPS) is 17.0. The number of nitrogens with zero attached hydrogens (tertiary/aromatic N) is 3. The van der Waals surface area contributed by atoms with Gasteiger partial charge in [0.2, 0.25) is 0 Å². The lowest BCUT2D eigenvalue weighted by Gasteiger charge is -2.29. The number of aromatic nitrogens is 3. The maximum atomic E-state index is 12.3. The smallest absolute Gasteiger partial charge is 0.252 e. The number of hydrogen-bond donors (Lipinski definition) is 3. The third-order valence-corrected chi connectivity index (χ3v) is 6.19. The molecule has 4 rings (SSSR count). The molecule has 1 aromatic carbocycles. The zero-order valence-corrected chi connectivity index (χ0v) is 18.2. The fourth-order valence-corrected chi connectivity index (χ4v) is 4.49. The Morgan fingerprint density at radius 1 is 1.23 bits per heavy atom. The number of rotatable bonds is 5. The average Bonchev–Trinajstić information content (AvgIpc) is 3.10. The van der Waals surface area contributed by atoms with Crippen molar-refractivity contribution in [2.24, 2.45) is 0 Å². The summed E-state index contributed by atoms with van der Waals surface area (Å²) in [6.07, 6.45) is 3.12. The second-order valence-electron chi connectivity index (χ2n) is 8.64. The maximum Gasteiger partial charge on any atom is 0.252 e. The molecule has 3 heterocycles. The van der Waals surface area contributed by atoms with Crippen LogP contribution in [0, 0.1) is 20.8 Å². The largest absolute Gasteiger partial charge is 0.374 e. The minimum absolute atomic E-state index is 0.114. The lowest BCUT2D eigenvalue weighted by Crippen LogP contribution is -2.31. The van der Waals surface area contributed by atoms with E-state index in [0.29, 0.717) is 18.2 Å². The van der Waals surface area contributed by atoms with Gasteiger partial charge in [-0.15, -0.1) is 0 Å². The first-order chi connectivity index (χ1) is 14.3. The van der Waals surface area contributed by atoms with Crippen LogP contribution in [0.2, 0.25) is 0 Å². The predicted molar refractivity (Wildman–Crippen MR) is 119 cm³/mol. The van der Waals surface area contributed by atoms with Crippen LogP contribution in [0.15, 0.2) is 29.2 Å². The molecule has 0 amide bonds. The van der Waals surface area contributed by atoms with E-state index in [1.54, 1.807) is 0 Å². The number of H-pyrrole nitrogens is 1. The van der Waals surface area contributed by atoms with Crippen LogP contribution in [0.25, 0.3) is 10.9 Å². The van der Waals surface area contributed by atoms with Crippen LogP contribution in [0.5, 0.6) is 0 Å². The van der Waals surface area contributed by atoms with Crippen molar-refractivity contribution in [3.05, 3.63) is 62.7 Å². The van der Waals surface area contributed by atoms with Gasteiger partial charge in [-0.05, 0) is 77.0 Å². The van der Waals surface area contributed by atoms with Crippen molar-refractivity contribution in [2.75, 3.05) is 20.1 Å². The molecule has 7 nitrogen and oxygen atoms in total. The number of fused-ring (bicyclic) bond motifs is 1. The van der Waals surface area contributed by atoms with E-state index in [2.05, 4.69) is 38.1 Å². The van der Waals surface area contributed by atoms with Crippen molar-refractivity contribution in [2.45, 2.75) is 52.4 Å². The monoisotopic (exact) mass is 409 g/mol. The molecular formula is C23H31N5O2. The Kier molecular flexibility index (Phi) is 5.77. The first-order valence-electron chi connectivity index (χ1n) is 10.6. The first kappa shape index (κ1) is 20.8. The molecule has 0 radical (unpaired) electrons. The minimum atomic E-state index is -0.886. The number of nitrogens with one attached hydrogen (secondary N) is 2. The summed E-state index contributed by atoms with van der Waals surface area (Å²) >= 11 is 0. The van der Waals surface area contributed by atoms with Crippen LogP contribution in [0.4, 0.5) is 0 Å². The number of pyridine rings is 1. The van der Waals surface area contributed by atoms with E-state index < -0.39 is 6.23 Å². The number of aliphatic hydroxyl groups is 1. The van der Waals surface area contributed by atoms with Gasteiger partial charge in [0.05, 0.1) is 17.8 Å². The molecule has 1 saturated heterocycles. The van der Waals surface area contributed by atoms with E-state index in [-0.39, 0.29) is 5.56 Å². The highest BCUT2D eigenvalue weighted by Gasteiger charge is 2.22. The quantitative estimate of drug-likeness (QED) is 0.564. The van der Waals surface area contributed by atoms with Gasteiger partial charge in [0.25, 0.3) is 5.56 Å². The summed E-state index contributed by atoms with van der Waals surface area (Å²) < 4.78 is 2.13. The number of aromatic amines is 1.